The van der Waals surface area contributed by atoms with Crippen LogP contribution in [-0.4, -0.2) is 57.4 Å². The fraction of sp³-hybridized carbons (Fsp3) is 0.900. The Labute approximate surface area is 98.1 Å². The molecule has 1 N–H and O–H groups in total. The zero-order valence-corrected chi connectivity index (χ0v) is 11.5. The Hall–Kier alpha value is -0.620. The molecule has 0 unspecified atom stereocenters. The number of amides is 1. The molecule has 0 radical (unpaired) electrons. The number of sulfone groups is 1. The first-order valence-corrected chi connectivity index (χ1v) is 7.13. The van der Waals surface area contributed by atoms with E-state index in [2.05, 4.69) is 5.32 Å². The molecule has 5 nitrogen and oxygen atoms in total. The van der Waals surface area contributed by atoms with Gasteiger partial charge in [-0.25, -0.2) is 8.42 Å². The van der Waals surface area contributed by atoms with E-state index in [-0.39, 0.29) is 5.91 Å². The van der Waals surface area contributed by atoms with Crippen LogP contribution in [0, 0.1) is 0 Å². The lowest BCUT2D eigenvalue weighted by Crippen LogP contribution is -2.48. The summed E-state index contributed by atoms with van der Waals surface area (Å²) in [6.07, 6.45) is 1.89. The molecule has 0 aromatic rings. The van der Waals surface area contributed by atoms with Gasteiger partial charge in [-0.1, -0.05) is 0 Å². The Morgan fingerprint density at radius 2 is 1.88 bits per heavy atom. The highest BCUT2D eigenvalue weighted by Gasteiger charge is 2.40. The molecule has 0 fully saturated rings. The summed E-state index contributed by atoms with van der Waals surface area (Å²) in [5.74, 6) is -0.355. The van der Waals surface area contributed by atoms with Crippen molar-refractivity contribution in [3.05, 3.63) is 0 Å². The Morgan fingerprint density at radius 1 is 1.38 bits per heavy atom. The molecular weight excluding hydrogens is 228 g/mol. The van der Waals surface area contributed by atoms with Gasteiger partial charge in [0.1, 0.15) is 4.75 Å². The van der Waals surface area contributed by atoms with E-state index in [0.29, 0.717) is 6.54 Å². The van der Waals surface area contributed by atoms with Gasteiger partial charge >= 0.3 is 0 Å². The maximum absolute atomic E-state index is 11.9. The summed E-state index contributed by atoms with van der Waals surface area (Å²) in [5.41, 5.74) is 0. The van der Waals surface area contributed by atoms with Gasteiger partial charge in [0.25, 0.3) is 0 Å². The van der Waals surface area contributed by atoms with Crippen molar-refractivity contribution in [2.45, 2.75) is 25.0 Å². The Balaban J connectivity index is 4.56. The number of nitrogens with zero attached hydrogens (tertiary/aromatic N) is 1. The molecule has 0 saturated carbocycles. The van der Waals surface area contributed by atoms with Gasteiger partial charge in [0.2, 0.25) is 5.91 Å². The third kappa shape index (κ3) is 3.75. The summed E-state index contributed by atoms with van der Waals surface area (Å²) in [7, 11) is 0.0814. The van der Waals surface area contributed by atoms with E-state index in [1.807, 2.05) is 7.05 Å². The third-order valence-electron chi connectivity index (χ3n) is 2.71. The number of carbonyl (C=O) groups excluding carboxylic acids is 1. The predicted molar refractivity (Wildman–Crippen MR) is 65.1 cm³/mol. The standard InChI is InChI=1S/C10H22N2O3S/c1-10(2,16(5,14)15)9(13)12(4)8-6-7-11-3/h11H,6-8H2,1-5H3. The van der Waals surface area contributed by atoms with Gasteiger partial charge in [-0.15, -0.1) is 0 Å². The SMILES string of the molecule is CNCCCN(C)C(=O)C(C)(C)S(C)(=O)=O. The summed E-state index contributed by atoms with van der Waals surface area (Å²) < 4.78 is 21.6. The van der Waals surface area contributed by atoms with Crippen LogP contribution in [0.3, 0.4) is 0 Å². The van der Waals surface area contributed by atoms with Gasteiger partial charge in [0, 0.05) is 19.8 Å². The summed E-state index contributed by atoms with van der Waals surface area (Å²) in [4.78, 5) is 13.4. The zero-order chi connectivity index (χ0) is 13.0. The van der Waals surface area contributed by atoms with Crippen LogP contribution in [0.25, 0.3) is 0 Å². The third-order valence-corrected chi connectivity index (χ3v) is 4.74. The normalized spacial score (nSPS) is 12.6. The smallest absolute Gasteiger partial charge is 0.243 e. The second-order valence-electron chi connectivity index (χ2n) is 4.47. The van der Waals surface area contributed by atoms with E-state index < -0.39 is 14.6 Å². The fourth-order valence-electron chi connectivity index (χ4n) is 1.21. The van der Waals surface area contributed by atoms with Crippen LogP contribution < -0.4 is 5.32 Å². The largest absolute Gasteiger partial charge is 0.344 e. The number of hydrogen-bond donors (Lipinski definition) is 1. The number of nitrogens with one attached hydrogen (secondary N) is 1. The molecule has 0 aromatic heterocycles. The second kappa shape index (κ2) is 5.63. The molecule has 1 amide bonds. The maximum atomic E-state index is 11.9. The fourth-order valence-corrected chi connectivity index (χ4v) is 1.69. The molecular formula is C10H22N2O3S. The number of rotatable bonds is 6. The molecule has 0 aliphatic rings. The first-order valence-electron chi connectivity index (χ1n) is 5.24. The van der Waals surface area contributed by atoms with Crippen LogP contribution in [0.15, 0.2) is 0 Å². The first-order chi connectivity index (χ1) is 7.14. The minimum atomic E-state index is -3.38. The lowest BCUT2D eigenvalue weighted by Gasteiger charge is -2.27. The monoisotopic (exact) mass is 250 g/mol. The highest BCUT2D eigenvalue weighted by Crippen LogP contribution is 2.17. The minimum Gasteiger partial charge on any atom is -0.344 e. The first kappa shape index (κ1) is 15.4. The van der Waals surface area contributed by atoms with Gasteiger partial charge in [0.05, 0.1) is 0 Å². The van der Waals surface area contributed by atoms with Gasteiger partial charge in [0.15, 0.2) is 9.84 Å². The summed E-state index contributed by atoms with van der Waals surface area (Å²) >= 11 is 0. The van der Waals surface area contributed by atoms with Crippen LogP contribution in [0.5, 0.6) is 0 Å². The van der Waals surface area contributed by atoms with Crippen molar-refractivity contribution >= 4 is 15.7 Å². The molecule has 6 heteroatoms. The van der Waals surface area contributed by atoms with Crippen molar-refractivity contribution in [1.29, 1.82) is 0 Å². The predicted octanol–water partition coefficient (Wildman–Crippen LogP) is -0.122. The molecule has 0 heterocycles. The summed E-state index contributed by atoms with van der Waals surface area (Å²) in [5, 5.41) is 2.97. The molecule has 96 valence electrons. The molecule has 0 bridgehead atoms. The van der Waals surface area contributed by atoms with E-state index >= 15 is 0 Å². The molecule has 0 aliphatic heterocycles. The summed E-state index contributed by atoms with van der Waals surface area (Å²) in [6.45, 7) is 4.24. The van der Waals surface area contributed by atoms with Gasteiger partial charge < -0.3 is 10.2 Å². The van der Waals surface area contributed by atoms with Crippen molar-refractivity contribution in [3.8, 4) is 0 Å². The molecule has 0 aliphatic carbocycles. The van der Waals surface area contributed by atoms with E-state index in [9.17, 15) is 13.2 Å². The Kier molecular flexibility index (Phi) is 5.41. The summed E-state index contributed by atoms with van der Waals surface area (Å²) in [6, 6.07) is 0. The van der Waals surface area contributed by atoms with Crippen LogP contribution in [0.1, 0.15) is 20.3 Å². The number of hydrogen-bond acceptors (Lipinski definition) is 4. The topological polar surface area (TPSA) is 66.5 Å². The lowest BCUT2D eigenvalue weighted by molar-refractivity contribution is -0.131. The zero-order valence-electron chi connectivity index (χ0n) is 10.7. The highest BCUT2D eigenvalue weighted by atomic mass is 32.2. The van der Waals surface area contributed by atoms with Crippen LogP contribution in [0.4, 0.5) is 0 Å². The number of carbonyl (C=O) groups is 1. The molecule has 16 heavy (non-hydrogen) atoms. The Bertz CT molecular complexity index is 336. The van der Waals surface area contributed by atoms with Gasteiger partial charge in [-0.2, -0.15) is 0 Å². The van der Waals surface area contributed by atoms with Crippen molar-refractivity contribution in [3.63, 3.8) is 0 Å². The van der Waals surface area contributed by atoms with E-state index in [4.69, 9.17) is 0 Å². The molecule has 0 spiro atoms. The van der Waals surface area contributed by atoms with Crippen molar-refractivity contribution in [1.82, 2.24) is 10.2 Å². The van der Waals surface area contributed by atoms with Crippen LogP contribution >= 0.6 is 0 Å². The minimum absolute atomic E-state index is 0.355. The Morgan fingerprint density at radius 3 is 2.25 bits per heavy atom. The average molecular weight is 250 g/mol. The molecule has 0 atom stereocenters. The highest BCUT2D eigenvalue weighted by molar-refractivity contribution is 7.92. The lowest BCUT2D eigenvalue weighted by atomic mass is 10.2. The van der Waals surface area contributed by atoms with Crippen LogP contribution in [-0.2, 0) is 14.6 Å². The molecule has 0 rings (SSSR count). The maximum Gasteiger partial charge on any atom is 0.243 e. The van der Waals surface area contributed by atoms with Crippen LogP contribution in [0.2, 0.25) is 0 Å². The van der Waals surface area contributed by atoms with Gasteiger partial charge in [-0.05, 0) is 33.9 Å². The molecule has 0 aromatic carbocycles. The van der Waals surface area contributed by atoms with E-state index in [1.54, 1.807) is 7.05 Å². The van der Waals surface area contributed by atoms with Crippen molar-refractivity contribution in [2.24, 2.45) is 0 Å². The van der Waals surface area contributed by atoms with E-state index in [1.165, 1.54) is 18.7 Å². The molecule has 0 saturated heterocycles. The average Bonchev–Trinajstić information content (AvgIpc) is 2.15. The van der Waals surface area contributed by atoms with Crippen molar-refractivity contribution < 1.29 is 13.2 Å². The van der Waals surface area contributed by atoms with Crippen molar-refractivity contribution in [2.75, 3.05) is 33.4 Å². The van der Waals surface area contributed by atoms with E-state index in [0.717, 1.165) is 19.2 Å². The second-order valence-corrected chi connectivity index (χ2v) is 7.03. The quantitative estimate of drug-likeness (QED) is 0.667. The van der Waals surface area contributed by atoms with Gasteiger partial charge in [-0.3, -0.25) is 4.79 Å².